The van der Waals surface area contributed by atoms with Gasteiger partial charge in [0.1, 0.15) is 18.6 Å². The van der Waals surface area contributed by atoms with E-state index in [4.69, 9.17) is 9.47 Å². The molecule has 3 amide bonds. The lowest BCUT2D eigenvalue weighted by Gasteiger charge is -2.24. The van der Waals surface area contributed by atoms with Crippen LogP contribution in [0.1, 0.15) is 20.8 Å². The van der Waals surface area contributed by atoms with Gasteiger partial charge in [0.25, 0.3) is 0 Å². The number of nitrogens with one attached hydrogen (secondary N) is 3. The highest BCUT2D eigenvalue weighted by molar-refractivity contribution is 6.14. The number of benzene rings is 2. The SMILES string of the molecule is CC(=O)Nc1ccc(NC(=O)C(C)(C)C(=O)Nc2ccc3c(c2)OCCO3)cc1. The van der Waals surface area contributed by atoms with Crippen molar-refractivity contribution in [1.29, 1.82) is 0 Å². The predicted octanol–water partition coefficient (Wildman–Crippen LogP) is 3.02. The zero-order chi connectivity index (χ0) is 21.0. The van der Waals surface area contributed by atoms with Crippen LogP contribution in [0.2, 0.25) is 0 Å². The van der Waals surface area contributed by atoms with Crippen LogP contribution in [0.15, 0.2) is 42.5 Å². The van der Waals surface area contributed by atoms with Crippen molar-refractivity contribution in [2.75, 3.05) is 29.2 Å². The summed E-state index contributed by atoms with van der Waals surface area (Å²) < 4.78 is 11.0. The van der Waals surface area contributed by atoms with Crippen molar-refractivity contribution in [3.63, 3.8) is 0 Å². The summed E-state index contributed by atoms with van der Waals surface area (Å²) in [6, 6.07) is 11.7. The molecule has 0 saturated carbocycles. The minimum Gasteiger partial charge on any atom is -0.486 e. The van der Waals surface area contributed by atoms with E-state index in [9.17, 15) is 14.4 Å². The zero-order valence-electron chi connectivity index (χ0n) is 16.5. The second kappa shape index (κ2) is 8.22. The Bertz CT molecular complexity index is 938. The van der Waals surface area contributed by atoms with Crippen molar-refractivity contribution in [3.05, 3.63) is 42.5 Å². The number of ether oxygens (including phenoxy) is 2. The van der Waals surface area contributed by atoms with Gasteiger partial charge in [-0.2, -0.15) is 0 Å². The van der Waals surface area contributed by atoms with Gasteiger partial charge in [-0.05, 0) is 50.2 Å². The van der Waals surface area contributed by atoms with Gasteiger partial charge in [0.2, 0.25) is 17.7 Å². The van der Waals surface area contributed by atoms with Crippen LogP contribution in [0.25, 0.3) is 0 Å². The van der Waals surface area contributed by atoms with Crippen LogP contribution < -0.4 is 25.4 Å². The maximum absolute atomic E-state index is 12.7. The molecule has 1 heterocycles. The summed E-state index contributed by atoms with van der Waals surface area (Å²) in [5.74, 6) is 0.0737. The molecule has 2 aromatic carbocycles. The molecule has 8 nitrogen and oxygen atoms in total. The van der Waals surface area contributed by atoms with Gasteiger partial charge in [0, 0.05) is 30.1 Å². The Morgan fingerprint density at radius 2 is 1.24 bits per heavy atom. The van der Waals surface area contributed by atoms with E-state index >= 15 is 0 Å². The van der Waals surface area contributed by atoms with E-state index in [2.05, 4.69) is 16.0 Å². The first-order valence-corrected chi connectivity index (χ1v) is 9.16. The molecule has 2 aromatic rings. The van der Waals surface area contributed by atoms with E-state index in [0.717, 1.165) is 0 Å². The lowest BCUT2D eigenvalue weighted by Crippen LogP contribution is -2.41. The van der Waals surface area contributed by atoms with Crippen molar-refractivity contribution in [2.45, 2.75) is 20.8 Å². The average Bonchev–Trinajstić information content (AvgIpc) is 2.69. The van der Waals surface area contributed by atoms with Crippen LogP contribution in [0.4, 0.5) is 17.1 Å². The van der Waals surface area contributed by atoms with Crippen LogP contribution in [0, 0.1) is 5.41 Å². The van der Waals surface area contributed by atoms with Gasteiger partial charge in [0.05, 0.1) is 0 Å². The highest BCUT2D eigenvalue weighted by atomic mass is 16.6. The lowest BCUT2D eigenvalue weighted by molar-refractivity contribution is -0.135. The average molecular weight is 397 g/mol. The Balaban J connectivity index is 1.64. The molecule has 0 bridgehead atoms. The van der Waals surface area contributed by atoms with E-state index in [-0.39, 0.29) is 5.91 Å². The third-order valence-electron chi connectivity index (χ3n) is 4.40. The minimum atomic E-state index is -1.33. The number of rotatable bonds is 5. The van der Waals surface area contributed by atoms with Crippen molar-refractivity contribution < 1.29 is 23.9 Å². The third-order valence-corrected chi connectivity index (χ3v) is 4.40. The van der Waals surface area contributed by atoms with Gasteiger partial charge in [-0.15, -0.1) is 0 Å². The predicted molar refractivity (Wildman–Crippen MR) is 109 cm³/mol. The van der Waals surface area contributed by atoms with Crippen molar-refractivity contribution >= 4 is 34.8 Å². The standard InChI is InChI=1S/C21H23N3O5/c1-13(25)22-14-4-6-15(7-5-14)23-19(26)21(2,3)20(27)24-16-8-9-17-18(12-16)29-11-10-28-17/h4-9,12H,10-11H2,1-3H3,(H,22,25)(H,23,26)(H,24,27). The molecule has 0 atom stereocenters. The molecule has 3 rings (SSSR count). The Labute approximate surface area is 168 Å². The number of anilines is 3. The molecule has 1 aliphatic heterocycles. The largest absolute Gasteiger partial charge is 0.486 e. The number of hydrogen-bond acceptors (Lipinski definition) is 5. The molecule has 0 fully saturated rings. The normalized spacial score (nSPS) is 12.7. The van der Waals surface area contributed by atoms with Crippen LogP contribution in [-0.4, -0.2) is 30.9 Å². The first-order valence-electron chi connectivity index (χ1n) is 9.16. The Morgan fingerprint density at radius 3 is 1.83 bits per heavy atom. The minimum absolute atomic E-state index is 0.182. The summed E-state index contributed by atoms with van der Waals surface area (Å²) in [6.45, 7) is 5.43. The molecule has 0 unspecified atom stereocenters. The molecule has 0 saturated heterocycles. The first kappa shape index (κ1) is 20.2. The van der Waals surface area contributed by atoms with Gasteiger partial charge in [-0.25, -0.2) is 0 Å². The molecule has 0 spiro atoms. The molecule has 8 heteroatoms. The molecule has 1 aliphatic rings. The number of amides is 3. The highest BCUT2D eigenvalue weighted by Gasteiger charge is 2.36. The molecule has 29 heavy (non-hydrogen) atoms. The molecule has 3 N–H and O–H groups in total. The summed E-state index contributed by atoms with van der Waals surface area (Å²) in [5.41, 5.74) is 0.319. The van der Waals surface area contributed by atoms with Gasteiger partial charge in [-0.1, -0.05) is 0 Å². The smallest absolute Gasteiger partial charge is 0.239 e. The second-order valence-corrected chi connectivity index (χ2v) is 7.15. The summed E-state index contributed by atoms with van der Waals surface area (Å²) in [4.78, 5) is 36.5. The van der Waals surface area contributed by atoms with Crippen LogP contribution in [0.5, 0.6) is 11.5 Å². The van der Waals surface area contributed by atoms with Crippen molar-refractivity contribution in [3.8, 4) is 11.5 Å². The fourth-order valence-corrected chi connectivity index (χ4v) is 2.64. The fraction of sp³-hybridized carbons (Fsp3) is 0.286. The van der Waals surface area contributed by atoms with E-state index in [1.54, 1.807) is 56.3 Å². The third kappa shape index (κ3) is 4.84. The van der Waals surface area contributed by atoms with E-state index in [1.807, 2.05) is 0 Å². The maximum Gasteiger partial charge on any atom is 0.239 e. The fourth-order valence-electron chi connectivity index (χ4n) is 2.64. The molecular formula is C21H23N3O5. The number of carbonyl (C=O) groups excluding carboxylic acids is 3. The van der Waals surface area contributed by atoms with Crippen LogP contribution >= 0.6 is 0 Å². The van der Waals surface area contributed by atoms with Crippen LogP contribution in [0.3, 0.4) is 0 Å². The number of fused-ring (bicyclic) bond motifs is 1. The molecule has 0 aliphatic carbocycles. The second-order valence-electron chi connectivity index (χ2n) is 7.15. The van der Waals surface area contributed by atoms with Crippen LogP contribution in [-0.2, 0) is 14.4 Å². The van der Waals surface area contributed by atoms with Gasteiger partial charge in [0.15, 0.2) is 11.5 Å². The Morgan fingerprint density at radius 1 is 0.759 bits per heavy atom. The highest BCUT2D eigenvalue weighted by Crippen LogP contribution is 2.33. The molecular weight excluding hydrogens is 374 g/mol. The summed E-state index contributed by atoms with van der Waals surface area (Å²) in [6.07, 6.45) is 0. The molecule has 0 radical (unpaired) electrons. The van der Waals surface area contributed by atoms with E-state index in [0.29, 0.717) is 41.8 Å². The first-order chi connectivity index (χ1) is 13.8. The number of hydrogen-bond donors (Lipinski definition) is 3. The topological polar surface area (TPSA) is 106 Å². The zero-order valence-corrected chi connectivity index (χ0v) is 16.5. The maximum atomic E-state index is 12.7. The van der Waals surface area contributed by atoms with Crippen molar-refractivity contribution in [2.24, 2.45) is 5.41 Å². The number of carbonyl (C=O) groups is 3. The van der Waals surface area contributed by atoms with Crippen molar-refractivity contribution in [1.82, 2.24) is 0 Å². The Kier molecular flexibility index (Phi) is 5.72. The van der Waals surface area contributed by atoms with Gasteiger partial charge >= 0.3 is 0 Å². The van der Waals surface area contributed by atoms with Gasteiger partial charge in [-0.3, -0.25) is 14.4 Å². The molecule has 152 valence electrons. The summed E-state index contributed by atoms with van der Waals surface area (Å²) >= 11 is 0. The summed E-state index contributed by atoms with van der Waals surface area (Å²) in [7, 11) is 0. The van der Waals surface area contributed by atoms with E-state index < -0.39 is 17.2 Å². The Hall–Kier alpha value is -3.55. The monoisotopic (exact) mass is 397 g/mol. The summed E-state index contributed by atoms with van der Waals surface area (Å²) in [5, 5.41) is 8.12. The van der Waals surface area contributed by atoms with E-state index in [1.165, 1.54) is 6.92 Å². The lowest BCUT2D eigenvalue weighted by atomic mass is 9.90. The quantitative estimate of drug-likeness (QED) is 0.673. The molecule has 0 aromatic heterocycles. The van der Waals surface area contributed by atoms with Gasteiger partial charge < -0.3 is 25.4 Å².